The van der Waals surface area contributed by atoms with Crippen LogP contribution in [0.25, 0.3) is 0 Å². The van der Waals surface area contributed by atoms with Crippen LogP contribution in [-0.4, -0.2) is 29.9 Å². The summed E-state index contributed by atoms with van der Waals surface area (Å²) in [5.74, 6) is 0.631. The van der Waals surface area contributed by atoms with E-state index in [0.29, 0.717) is 12.5 Å². The lowest BCUT2D eigenvalue weighted by atomic mass is 9.83. The summed E-state index contributed by atoms with van der Waals surface area (Å²) >= 11 is 3.48. The van der Waals surface area contributed by atoms with Gasteiger partial charge in [0.1, 0.15) is 0 Å². The Morgan fingerprint density at radius 2 is 2.20 bits per heavy atom. The standard InChI is InChI=1S/C16H23BrN2O/c1-11-7-12(9-18)10-19(11)15(20)16(2,3)13-5-4-6-14(17)8-13/h4-6,8,11-12H,7,9-10,18H2,1-3H3. The van der Waals surface area contributed by atoms with E-state index in [2.05, 4.69) is 22.9 Å². The zero-order chi connectivity index (χ0) is 14.9. The Bertz CT molecular complexity index is 501. The van der Waals surface area contributed by atoms with Crippen molar-refractivity contribution in [1.82, 2.24) is 4.90 Å². The molecule has 1 heterocycles. The van der Waals surface area contributed by atoms with Gasteiger partial charge in [-0.3, -0.25) is 4.79 Å². The van der Waals surface area contributed by atoms with E-state index in [1.165, 1.54) is 0 Å². The number of amides is 1. The first-order valence-corrected chi connectivity index (χ1v) is 7.92. The van der Waals surface area contributed by atoms with Gasteiger partial charge < -0.3 is 10.6 Å². The molecule has 0 aromatic heterocycles. The molecule has 2 N–H and O–H groups in total. The normalized spacial score (nSPS) is 23.1. The number of benzene rings is 1. The molecule has 1 amide bonds. The SMILES string of the molecule is CC1CC(CN)CN1C(=O)C(C)(C)c1cccc(Br)c1. The first-order valence-electron chi connectivity index (χ1n) is 7.13. The van der Waals surface area contributed by atoms with Crippen LogP contribution in [0.5, 0.6) is 0 Å². The number of carbonyl (C=O) groups excluding carboxylic acids is 1. The predicted octanol–water partition coefficient (Wildman–Crippen LogP) is 2.92. The van der Waals surface area contributed by atoms with Crippen molar-refractivity contribution in [3.63, 3.8) is 0 Å². The Balaban J connectivity index is 2.23. The lowest BCUT2D eigenvalue weighted by Gasteiger charge is -2.32. The molecule has 2 unspecified atom stereocenters. The third kappa shape index (κ3) is 2.91. The molecule has 0 aliphatic carbocycles. The molecule has 2 rings (SSSR count). The van der Waals surface area contributed by atoms with Gasteiger partial charge in [0.25, 0.3) is 0 Å². The topological polar surface area (TPSA) is 46.3 Å². The Morgan fingerprint density at radius 3 is 2.75 bits per heavy atom. The third-order valence-corrected chi connectivity index (χ3v) is 4.83. The van der Waals surface area contributed by atoms with Gasteiger partial charge in [0.2, 0.25) is 5.91 Å². The first kappa shape index (κ1) is 15.5. The maximum atomic E-state index is 12.9. The molecule has 0 bridgehead atoms. The maximum absolute atomic E-state index is 12.9. The number of halogens is 1. The monoisotopic (exact) mass is 338 g/mol. The fraction of sp³-hybridized carbons (Fsp3) is 0.562. The molecule has 1 aromatic carbocycles. The average molecular weight is 339 g/mol. The van der Waals surface area contributed by atoms with Crippen molar-refractivity contribution in [3.8, 4) is 0 Å². The minimum Gasteiger partial charge on any atom is -0.339 e. The van der Waals surface area contributed by atoms with Crippen LogP contribution in [0.15, 0.2) is 28.7 Å². The molecule has 1 aliphatic heterocycles. The molecule has 4 heteroatoms. The van der Waals surface area contributed by atoms with Crippen LogP contribution in [0.3, 0.4) is 0 Å². The Labute approximate surface area is 129 Å². The van der Waals surface area contributed by atoms with Gasteiger partial charge in [0.15, 0.2) is 0 Å². The van der Waals surface area contributed by atoms with E-state index in [1.54, 1.807) is 0 Å². The summed E-state index contributed by atoms with van der Waals surface area (Å²) in [4.78, 5) is 14.9. The fourth-order valence-corrected chi connectivity index (χ4v) is 3.36. The number of hydrogen-bond acceptors (Lipinski definition) is 2. The highest BCUT2D eigenvalue weighted by atomic mass is 79.9. The van der Waals surface area contributed by atoms with Crippen LogP contribution in [0.4, 0.5) is 0 Å². The Kier molecular flexibility index (Phi) is 4.55. The van der Waals surface area contributed by atoms with Crippen LogP contribution in [0.2, 0.25) is 0 Å². The first-order chi connectivity index (χ1) is 9.36. The fourth-order valence-electron chi connectivity index (χ4n) is 2.96. The second-order valence-electron chi connectivity index (χ2n) is 6.28. The molecular weight excluding hydrogens is 316 g/mol. The summed E-state index contributed by atoms with van der Waals surface area (Å²) in [5, 5.41) is 0. The molecule has 1 aromatic rings. The van der Waals surface area contributed by atoms with Crippen LogP contribution < -0.4 is 5.73 Å². The van der Waals surface area contributed by atoms with E-state index in [9.17, 15) is 4.79 Å². The number of nitrogens with zero attached hydrogens (tertiary/aromatic N) is 1. The van der Waals surface area contributed by atoms with Crippen LogP contribution in [-0.2, 0) is 10.2 Å². The van der Waals surface area contributed by atoms with Gasteiger partial charge in [-0.1, -0.05) is 28.1 Å². The number of hydrogen-bond donors (Lipinski definition) is 1. The number of nitrogens with two attached hydrogens (primary N) is 1. The molecule has 0 radical (unpaired) electrons. The van der Waals surface area contributed by atoms with E-state index >= 15 is 0 Å². The number of carbonyl (C=O) groups is 1. The zero-order valence-corrected chi connectivity index (χ0v) is 14.0. The lowest BCUT2D eigenvalue weighted by molar-refractivity contribution is -0.136. The molecule has 110 valence electrons. The van der Waals surface area contributed by atoms with Crippen molar-refractivity contribution >= 4 is 21.8 Å². The second kappa shape index (κ2) is 5.86. The summed E-state index contributed by atoms with van der Waals surface area (Å²) in [6.07, 6.45) is 1.01. The smallest absolute Gasteiger partial charge is 0.232 e. The molecule has 3 nitrogen and oxygen atoms in total. The van der Waals surface area contributed by atoms with E-state index in [4.69, 9.17) is 5.73 Å². The minimum absolute atomic E-state index is 0.194. The van der Waals surface area contributed by atoms with Gasteiger partial charge in [0.05, 0.1) is 5.41 Å². The van der Waals surface area contributed by atoms with Gasteiger partial charge in [-0.05, 0) is 57.4 Å². The highest BCUT2D eigenvalue weighted by Crippen LogP contribution is 2.32. The van der Waals surface area contributed by atoms with Crippen molar-refractivity contribution in [2.45, 2.75) is 38.6 Å². The predicted molar refractivity (Wildman–Crippen MR) is 85.5 cm³/mol. The molecule has 20 heavy (non-hydrogen) atoms. The Hall–Kier alpha value is -0.870. The van der Waals surface area contributed by atoms with E-state index < -0.39 is 5.41 Å². The third-order valence-electron chi connectivity index (χ3n) is 4.34. The van der Waals surface area contributed by atoms with Gasteiger partial charge in [-0.2, -0.15) is 0 Å². The van der Waals surface area contributed by atoms with E-state index in [-0.39, 0.29) is 11.9 Å². The summed E-state index contributed by atoms with van der Waals surface area (Å²) in [5.41, 5.74) is 6.28. The summed E-state index contributed by atoms with van der Waals surface area (Å²) < 4.78 is 1.00. The molecule has 1 aliphatic rings. The van der Waals surface area contributed by atoms with Gasteiger partial charge in [-0.25, -0.2) is 0 Å². The largest absolute Gasteiger partial charge is 0.339 e. The van der Waals surface area contributed by atoms with Gasteiger partial charge in [0, 0.05) is 17.1 Å². The maximum Gasteiger partial charge on any atom is 0.232 e. The summed E-state index contributed by atoms with van der Waals surface area (Å²) in [7, 11) is 0. The summed E-state index contributed by atoms with van der Waals surface area (Å²) in [6, 6.07) is 8.28. The molecule has 1 fully saturated rings. The zero-order valence-electron chi connectivity index (χ0n) is 12.4. The van der Waals surface area contributed by atoms with Crippen molar-refractivity contribution < 1.29 is 4.79 Å². The van der Waals surface area contributed by atoms with E-state index in [1.807, 2.05) is 43.0 Å². The molecule has 0 spiro atoms. The molecular formula is C16H23BrN2O. The molecule has 1 saturated heterocycles. The van der Waals surface area contributed by atoms with Crippen molar-refractivity contribution in [1.29, 1.82) is 0 Å². The minimum atomic E-state index is -0.512. The van der Waals surface area contributed by atoms with E-state index in [0.717, 1.165) is 23.0 Å². The van der Waals surface area contributed by atoms with Crippen molar-refractivity contribution in [3.05, 3.63) is 34.3 Å². The summed E-state index contributed by atoms with van der Waals surface area (Å²) in [6.45, 7) is 7.56. The van der Waals surface area contributed by atoms with Crippen LogP contribution >= 0.6 is 15.9 Å². The highest BCUT2D eigenvalue weighted by Gasteiger charge is 2.39. The lowest BCUT2D eigenvalue weighted by Crippen LogP contribution is -2.45. The molecule has 2 atom stereocenters. The van der Waals surface area contributed by atoms with Crippen LogP contribution in [0.1, 0.15) is 32.8 Å². The molecule has 0 saturated carbocycles. The quantitative estimate of drug-likeness (QED) is 0.920. The average Bonchev–Trinajstić information content (AvgIpc) is 2.79. The van der Waals surface area contributed by atoms with Gasteiger partial charge >= 0.3 is 0 Å². The second-order valence-corrected chi connectivity index (χ2v) is 7.19. The highest BCUT2D eigenvalue weighted by molar-refractivity contribution is 9.10. The number of rotatable bonds is 3. The van der Waals surface area contributed by atoms with Crippen molar-refractivity contribution in [2.24, 2.45) is 11.7 Å². The van der Waals surface area contributed by atoms with Crippen molar-refractivity contribution in [2.75, 3.05) is 13.1 Å². The Morgan fingerprint density at radius 1 is 1.50 bits per heavy atom. The van der Waals surface area contributed by atoms with Crippen LogP contribution in [0, 0.1) is 5.92 Å². The van der Waals surface area contributed by atoms with Gasteiger partial charge in [-0.15, -0.1) is 0 Å². The number of likely N-dealkylation sites (tertiary alicyclic amines) is 1.